The van der Waals surface area contributed by atoms with Gasteiger partial charge in [0.25, 0.3) is 0 Å². The highest BCUT2D eigenvalue weighted by atomic mass is 16.1. The molecule has 0 saturated heterocycles. The van der Waals surface area contributed by atoms with Crippen molar-refractivity contribution in [3.05, 3.63) is 23.8 Å². The van der Waals surface area contributed by atoms with Gasteiger partial charge in [-0.3, -0.25) is 9.59 Å². The number of carbonyl (C=O) groups is 2. The molecule has 0 bridgehead atoms. The van der Waals surface area contributed by atoms with Crippen molar-refractivity contribution in [2.24, 2.45) is 11.3 Å². The topological polar surface area (TPSA) is 34.1 Å². The molecule has 0 aromatic heterocycles. The molecule has 2 heteroatoms. The van der Waals surface area contributed by atoms with Gasteiger partial charge in [0.15, 0.2) is 5.78 Å². The summed E-state index contributed by atoms with van der Waals surface area (Å²) in [5.74, 6) is 0.486. The lowest BCUT2D eigenvalue weighted by molar-refractivity contribution is -0.125. The molecule has 0 N–H and O–H groups in total. The first kappa shape index (κ1) is 10.3. The number of ketones is 2. The van der Waals surface area contributed by atoms with Crippen LogP contribution in [0.2, 0.25) is 0 Å². The van der Waals surface area contributed by atoms with Gasteiger partial charge in [-0.1, -0.05) is 19.1 Å². The first-order chi connectivity index (χ1) is 7.04. The average Bonchev–Trinajstić information content (AvgIpc) is 2.17. The zero-order valence-corrected chi connectivity index (χ0v) is 9.25. The summed E-state index contributed by atoms with van der Waals surface area (Å²) in [5.41, 5.74) is 0.944. The quantitative estimate of drug-likeness (QED) is 0.657. The van der Waals surface area contributed by atoms with E-state index in [0.717, 1.165) is 18.4 Å². The molecular formula is C13H16O2. The molecule has 0 aliphatic heterocycles. The lowest BCUT2D eigenvalue weighted by Gasteiger charge is -2.41. The third-order valence-corrected chi connectivity index (χ3v) is 3.80. The van der Waals surface area contributed by atoms with Gasteiger partial charge < -0.3 is 0 Å². The van der Waals surface area contributed by atoms with Gasteiger partial charge in [-0.05, 0) is 31.4 Å². The maximum Gasteiger partial charge on any atom is 0.156 e. The van der Waals surface area contributed by atoms with Crippen LogP contribution in [0, 0.1) is 11.3 Å². The Morgan fingerprint density at radius 2 is 2.27 bits per heavy atom. The summed E-state index contributed by atoms with van der Waals surface area (Å²) in [6.07, 6.45) is 7.95. The number of hydrogen-bond donors (Lipinski definition) is 0. The van der Waals surface area contributed by atoms with Crippen molar-refractivity contribution in [3.63, 3.8) is 0 Å². The van der Waals surface area contributed by atoms with E-state index in [1.165, 1.54) is 0 Å². The minimum atomic E-state index is -0.103. The van der Waals surface area contributed by atoms with Crippen molar-refractivity contribution in [2.45, 2.75) is 33.1 Å². The van der Waals surface area contributed by atoms with Gasteiger partial charge in [0.2, 0.25) is 0 Å². The summed E-state index contributed by atoms with van der Waals surface area (Å²) >= 11 is 0. The summed E-state index contributed by atoms with van der Waals surface area (Å²) in [5, 5.41) is 0. The van der Waals surface area contributed by atoms with Crippen molar-refractivity contribution >= 4 is 11.6 Å². The van der Waals surface area contributed by atoms with Crippen molar-refractivity contribution in [3.8, 4) is 0 Å². The fourth-order valence-corrected chi connectivity index (χ4v) is 2.76. The average molecular weight is 204 g/mol. The highest BCUT2D eigenvalue weighted by Crippen LogP contribution is 2.47. The molecule has 2 rings (SSSR count). The molecule has 0 radical (unpaired) electrons. The Morgan fingerprint density at radius 1 is 1.53 bits per heavy atom. The largest absolute Gasteiger partial charge is 0.300 e. The number of Topliss-reactive ketones (excluding diaryl/α,β-unsaturated/α-hetero) is 1. The molecule has 2 atom stereocenters. The fourth-order valence-electron chi connectivity index (χ4n) is 2.76. The maximum absolute atomic E-state index is 11.6. The van der Waals surface area contributed by atoms with E-state index in [4.69, 9.17) is 0 Å². The fraction of sp³-hybridized carbons (Fsp3) is 0.538. The second-order valence-electron chi connectivity index (χ2n) is 4.78. The van der Waals surface area contributed by atoms with E-state index in [1.807, 2.05) is 12.2 Å². The van der Waals surface area contributed by atoms with Crippen LogP contribution in [0.1, 0.15) is 33.1 Å². The van der Waals surface area contributed by atoms with Crippen LogP contribution < -0.4 is 0 Å². The van der Waals surface area contributed by atoms with Crippen LogP contribution in [0.4, 0.5) is 0 Å². The molecule has 0 amide bonds. The second-order valence-corrected chi connectivity index (χ2v) is 4.78. The Kier molecular flexibility index (Phi) is 2.37. The van der Waals surface area contributed by atoms with Gasteiger partial charge in [-0.2, -0.15) is 0 Å². The lowest BCUT2D eigenvalue weighted by Crippen LogP contribution is -2.38. The molecule has 0 fully saturated rings. The maximum atomic E-state index is 11.6. The van der Waals surface area contributed by atoms with E-state index in [9.17, 15) is 9.59 Å². The lowest BCUT2D eigenvalue weighted by atomic mass is 9.61. The zero-order valence-electron chi connectivity index (χ0n) is 9.25. The van der Waals surface area contributed by atoms with Gasteiger partial charge in [-0.15, -0.1) is 0 Å². The van der Waals surface area contributed by atoms with E-state index in [0.29, 0.717) is 6.42 Å². The Morgan fingerprint density at radius 3 is 2.93 bits per heavy atom. The van der Waals surface area contributed by atoms with Crippen LogP contribution in [0.3, 0.4) is 0 Å². The van der Waals surface area contributed by atoms with Crippen molar-refractivity contribution in [1.82, 2.24) is 0 Å². The van der Waals surface area contributed by atoms with E-state index in [-0.39, 0.29) is 22.9 Å². The summed E-state index contributed by atoms with van der Waals surface area (Å²) in [4.78, 5) is 22.9. The zero-order chi connectivity index (χ0) is 11.1. The minimum Gasteiger partial charge on any atom is -0.300 e. The van der Waals surface area contributed by atoms with Crippen molar-refractivity contribution < 1.29 is 9.59 Å². The Hall–Kier alpha value is -1.18. The molecule has 2 nitrogen and oxygen atoms in total. The highest BCUT2D eigenvalue weighted by Gasteiger charge is 2.42. The number of hydrogen-bond acceptors (Lipinski definition) is 2. The molecular weight excluding hydrogens is 188 g/mol. The first-order valence-electron chi connectivity index (χ1n) is 5.46. The Balaban J connectivity index is 2.45. The molecule has 0 spiro atoms. The third-order valence-electron chi connectivity index (χ3n) is 3.80. The second kappa shape index (κ2) is 3.44. The van der Waals surface area contributed by atoms with Gasteiger partial charge in [0, 0.05) is 17.8 Å². The molecule has 2 aliphatic rings. The Labute approximate surface area is 90.1 Å². The summed E-state index contributed by atoms with van der Waals surface area (Å²) < 4.78 is 0. The molecule has 0 heterocycles. The van der Waals surface area contributed by atoms with Crippen LogP contribution in [-0.2, 0) is 9.59 Å². The van der Waals surface area contributed by atoms with Gasteiger partial charge >= 0.3 is 0 Å². The van der Waals surface area contributed by atoms with Crippen LogP contribution in [0.5, 0.6) is 0 Å². The first-order valence-corrected chi connectivity index (χ1v) is 5.46. The molecule has 0 saturated carbocycles. The van der Waals surface area contributed by atoms with Gasteiger partial charge in [0.05, 0.1) is 0 Å². The van der Waals surface area contributed by atoms with Crippen LogP contribution in [0.25, 0.3) is 0 Å². The molecule has 0 aromatic rings. The molecule has 80 valence electrons. The van der Waals surface area contributed by atoms with Crippen LogP contribution in [0.15, 0.2) is 23.8 Å². The van der Waals surface area contributed by atoms with E-state index < -0.39 is 0 Å². The number of carbonyl (C=O) groups excluding carboxylic acids is 2. The van der Waals surface area contributed by atoms with Gasteiger partial charge in [0.1, 0.15) is 5.78 Å². The van der Waals surface area contributed by atoms with E-state index in [2.05, 4.69) is 6.92 Å². The van der Waals surface area contributed by atoms with E-state index in [1.54, 1.807) is 13.0 Å². The molecule has 15 heavy (non-hydrogen) atoms. The number of rotatable bonds is 1. The SMILES string of the molecule is CC(=O)C1CC=CC2=CC(=O)CCC21C. The normalized spacial score (nSPS) is 34.7. The van der Waals surface area contributed by atoms with Crippen molar-refractivity contribution in [1.29, 1.82) is 0 Å². The number of fused-ring (bicyclic) bond motifs is 1. The number of allylic oxidation sites excluding steroid dienone is 4. The summed E-state index contributed by atoms with van der Waals surface area (Å²) in [6.45, 7) is 3.77. The van der Waals surface area contributed by atoms with Crippen LogP contribution in [-0.4, -0.2) is 11.6 Å². The summed E-state index contributed by atoms with van der Waals surface area (Å²) in [6, 6.07) is 0. The monoisotopic (exact) mass is 204 g/mol. The smallest absolute Gasteiger partial charge is 0.156 e. The minimum absolute atomic E-state index is 0.0573. The Bertz CT molecular complexity index is 376. The predicted molar refractivity (Wildman–Crippen MR) is 58.4 cm³/mol. The highest BCUT2D eigenvalue weighted by molar-refractivity contribution is 5.93. The van der Waals surface area contributed by atoms with Crippen LogP contribution >= 0.6 is 0 Å². The van der Waals surface area contributed by atoms with Gasteiger partial charge in [-0.25, -0.2) is 0 Å². The standard InChI is InChI=1S/C13H16O2/c1-9(14)12-5-3-4-10-8-11(15)6-7-13(10,12)2/h3-4,8,12H,5-7H2,1-2H3. The molecule has 2 aliphatic carbocycles. The summed E-state index contributed by atoms with van der Waals surface area (Å²) in [7, 11) is 0. The molecule has 2 unspecified atom stereocenters. The molecule has 0 aromatic carbocycles. The predicted octanol–water partition coefficient (Wildman–Crippen LogP) is 2.45. The van der Waals surface area contributed by atoms with E-state index >= 15 is 0 Å². The third kappa shape index (κ3) is 1.58. The van der Waals surface area contributed by atoms with Crippen molar-refractivity contribution in [2.75, 3.05) is 0 Å².